The van der Waals surface area contributed by atoms with Crippen molar-refractivity contribution in [2.75, 3.05) is 19.7 Å². The number of amides is 4. The fourth-order valence-electron chi connectivity index (χ4n) is 3.73. The van der Waals surface area contributed by atoms with Crippen LogP contribution in [0.15, 0.2) is 24.3 Å². The van der Waals surface area contributed by atoms with Crippen LogP contribution < -0.4 is 16.4 Å². The van der Waals surface area contributed by atoms with E-state index in [2.05, 4.69) is 10.6 Å². The van der Waals surface area contributed by atoms with Gasteiger partial charge >= 0.3 is 12.1 Å². The Labute approximate surface area is 231 Å². The Morgan fingerprint density at radius 1 is 1.03 bits per heavy atom. The molecule has 0 saturated carbocycles. The van der Waals surface area contributed by atoms with Crippen molar-refractivity contribution in [3.05, 3.63) is 35.4 Å². The lowest BCUT2D eigenvalue weighted by Gasteiger charge is -2.34. The van der Waals surface area contributed by atoms with Crippen molar-refractivity contribution in [3.8, 4) is 0 Å². The van der Waals surface area contributed by atoms with Crippen LogP contribution in [0.25, 0.3) is 0 Å². The summed E-state index contributed by atoms with van der Waals surface area (Å²) < 4.78 is 10.3. The summed E-state index contributed by atoms with van der Waals surface area (Å²) in [6.45, 7) is 11.1. The quantitative estimate of drug-likeness (QED) is 0.284. The van der Waals surface area contributed by atoms with E-state index in [1.165, 1.54) is 4.90 Å². The number of esters is 1. The number of unbranched alkanes of at least 4 members (excludes halogenated alkanes) is 1. The molecule has 2 unspecified atom stereocenters. The second kappa shape index (κ2) is 16.4. The van der Waals surface area contributed by atoms with E-state index in [1.807, 2.05) is 26.0 Å². The molecule has 4 N–H and O–H groups in total. The number of nitrogens with zero attached hydrogens (tertiary/aromatic N) is 1. The van der Waals surface area contributed by atoms with Gasteiger partial charge in [0.1, 0.15) is 17.7 Å². The van der Waals surface area contributed by atoms with E-state index >= 15 is 0 Å². The monoisotopic (exact) mass is 548 g/mol. The van der Waals surface area contributed by atoms with Gasteiger partial charge in [-0.15, -0.1) is 0 Å². The molecule has 2 atom stereocenters. The number of carbonyl (C=O) groups is 5. The molecule has 0 aliphatic heterocycles. The van der Waals surface area contributed by atoms with Gasteiger partial charge in [0, 0.05) is 19.5 Å². The minimum Gasteiger partial charge on any atom is -0.466 e. The summed E-state index contributed by atoms with van der Waals surface area (Å²) >= 11 is 0. The Kier molecular flexibility index (Phi) is 14.0. The summed E-state index contributed by atoms with van der Waals surface area (Å²) in [6, 6.07) is 4.97. The van der Waals surface area contributed by atoms with E-state index in [0.29, 0.717) is 12.0 Å². The maximum atomic E-state index is 14.0. The second-order valence-corrected chi connectivity index (χ2v) is 10.2. The Bertz CT molecular complexity index is 973. The molecule has 218 valence electrons. The van der Waals surface area contributed by atoms with Crippen molar-refractivity contribution >= 4 is 29.8 Å². The van der Waals surface area contributed by atoms with Crippen molar-refractivity contribution in [1.29, 1.82) is 0 Å². The summed E-state index contributed by atoms with van der Waals surface area (Å²) in [7, 11) is 0. The molecular weight excluding hydrogens is 504 g/mol. The van der Waals surface area contributed by atoms with Crippen LogP contribution in [0.2, 0.25) is 0 Å². The first-order chi connectivity index (χ1) is 18.3. The van der Waals surface area contributed by atoms with Crippen LogP contribution in [0.4, 0.5) is 4.79 Å². The predicted octanol–water partition coefficient (Wildman–Crippen LogP) is 2.89. The zero-order valence-electron chi connectivity index (χ0n) is 24.0. The van der Waals surface area contributed by atoms with E-state index in [9.17, 15) is 24.0 Å². The summed E-state index contributed by atoms with van der Waals surface area (Å²) in [5, 5.41) is 5.30. The third-order valence-electron chi connectivity index (χ3n) is 5.59. The average molecular weight is 549 g/mol. The highest BCUT2D eigenvalue weighted by atomic mass is 16.6. The number of ether oxygens (including phenoxy) is 2. The smallest absolute Gasteiger partial charge is 0.408 e. The normalized spacial score (nSPS) is 12.6. The van der Waals surface area contributed by atoms with Crippen LogP contribution >= 0.6 is 0 Å². The van der Waals surface area contributed by atoms with E-state index in [-0.39, 0.29) is 39.0 Å². The molecule has 1 aromatic rings. The van der Waals surface area contributed by atoms with Gasteiger partial charge in [-0.25, -0.2) is 4.79 Å². The first kappa shape index (κ1) is 33.4. The second-order valence-electron chi connectivity index (χ2n) is 10.2. The van der Waals surface area contributed by atoms with E-state index in [0.717, 1.165) is 12.0 Å². The zero-order valence-corrected chi connectivity index (χ0v) is 24.0. The van der Waals surface area contributed by atoms with Gasteiger partial charge in [0.2, 0.25) is 17.7 Å². The molecule has 11 heteroatoms. The maximum absolute atomic E-state index is 14.0. The van der Waals surface area contributed by atoms with Gasteiger partial charge in [-0.05, 0) is 53.0 Å². The number of hydrogen-bond acceptors (Lipinski definition) is 7. The van der Waals surface area contributed by atoms with Crippen molar-refractivity contribution < 1.29 is 33.4 Å². The zero-order chi connectivity index (χ0) is 29.6. The van der Waals surface area contributed by atoms with Gasteiger partial charge in [-0.2, -0.15) is 0 Å². The number of benzene rings is 1. The highest BCUT2D eigenvalue weighted by Crippen LogP contribution is 2.24. The first-order valence-corrected chi connectivity index (χ1v) is 13.4. The molecule has 0 heterocycles. The molecular formula is C28H44N4O7. The molecule has 1 rings (SSSR count). The molecule has 39 heavy (non-hydrogen) atoms. The minimum atomic E-state index is -1.16. The van der Waals surface area contributed by atoms with Crippen molar-refractivity contribution in [2.24, 2.45) is 5.73 Å². The van der Waals surface area contributed by atoms with Crippen LogP contribution in [-0.4, -0.2) is 66.0 Å². The number of aryl methyl sites for hydroxylation is 1. The lowest BCUT2D eigenvalue weighted by Crippen LogP contribution is -2.53. The topological polar surface area (TPSA) is 157 Å². The first-order valence-electron chi connectivity index (χ1n) is 13.4. The highest BCUT2D eigenvalue weighted by Gasteiger charge is 2.36. The van der Waals surface area contributed by atoms with Crippen molar-refractivity contribution in [2.45, 2.75) is 91.3 Å². The number of hydrogen-bond donors (Lipinski definition) is 3. The Morgan fingerprint density at radius 2 is 1.67 bits per heavy atom. The molecule has 4 amide bonds. The van der Waals surface area contributed by atoms with Gasteiger partial charge in [0.25, 0.3) is 0 Å². The van der Waals surface area contributed by atoms with Gasteiger partial charge in [0.15, 0.2) is 0 Å². The summed E-state index contributed by atoms with van der Waals surface area (Å²) in [6.07, 6.45) is 0.242. The van der Waals surface area contributed by atoms with Crippen molar-refractivity contribution in [1.82, 2.24) is 15.5 Å². The lowest BCUT2D eigenvalue weighted by atomic mass is 10.00. The Balaban J connectivity index is 3.39. The third-order valence-corrected chi connectivity index (χ3v) is 5.59. The molecule has 0 radical (unpaired) electrons. The number of nitrogens with two attached hydrogens (primary N) is 1. The number of primary amides is 1. The molecule has 1 aromatic carbocycles. The fourth-order valence-corrected chi connectivity index (χ4v) is 3.73. The van der Waals surface area contributed by atoms with E-state index in [1.54, 1.807) is 39.8 Å². The largest absolute Gasteiger partial charge is 0.466 e. The third kappa shape index (κ3) is 12.6. The average Bonchev–Trinajstić information content (AvgIpc) is 2.83. The predicted molar refractivity (Wildman–Crippen MR) is 146 cm³/mol. The van der Waals surface area contributed by atoms with Crippen LogP contribution in [0.1, 0.15) is 83.9 Å². The highest BCUT2D eigenvalue weighted by molar-refractivity contribution is 5.92. The number of nitrogens with one attached hydrogen (secondary N) is 2. The number of carbonyl (C=O) groups excluding carboxylic acids is 5. The summed E-state index contributed by atoms with van der Waals surface area (Å²) in [5.74, 6) is -2.12. The molecule has 11 nitrogen and oxygen atoms in total. The van der Waals surface area contributed by atoms with E-state index in [4.69, 9.17) is 15.2 Å². The fraction of sp³-hybridized carbons (Fsp3) is 0.607. The molecule has 0 saturated heterocycles. The molecule has 0 aromatic heterocycles. The van der Waals surface area contributed by atoms with Crippen LogP contribution in [0.5, 0.6) is 0 Å². The Morgan fingerprint density at radius 3 is 2.21 bits per heavy atom. The van der Waals surface area contributed by atoms with Crippen LogP contribution in [0, 0.1) is 6.92 Å². The molecule has 0 spiro atoms. The SMILES string of the molecule is CCCCN(C(=O)C(CCC(N)=O)NC(=O)OC(C)(C)C)C(C(=O)NCCC(=O)OCC)c1ccc(C)cc1. The van der Waals surface area contributed by atoms with Gasteiger partial charge in [0.05, 0.1) is 13.0 Å². The molecule has 0 aliphatic rings. The number of rotatable bonds is 15. The number of alkyl carbamates (subject to hydrolysis) is 1. The summed E-state index contributed by atoms with van der Waals surface area (Å²) in [5.41, 5.74) is 6.05. The standard InChI is InChI=1S/C28H44N4O7/c1-7-9-18-32(26(36)21(14-15-22(29)33)31-27(37)39-28(4,5)6)24(20-12-10-19(3)11-13-20)25(35)30-17-16-23(34)38-8-2/h10-13,21,24H,7-9,14-18H2,1-6H3,(H2,29,33)(H,30,35)(H,31,37). The van der Waals surface area contributed by atoms with Crippen molar-refractivity contribution in [3.63, 3.8) is 0 Å². The Hall–Kier alpha value is -3.63. The summed E-state index contributed by atoms with van der Waals surface area (Å²) in [4.78, 5) is 64.8. The van der Waals surface area contributed by atoms with Crippen LogP contribution in [0.3, 0.4) is 0 Å². The lowest BCUT2D eigenvalue weighted by molar-refractivity contribution is -0.144. The minimum absolute atomic E-state index is 0.0233. The van der Waals surface area contributed by atoms with Gasteiger partial charge in [-0.1, -0.05) is 43.2 Å². The van der Waals surface area contributed by atoms with Crippen LogP contribution in [-0.2, 0) is 28.7 Å². The van der Waals surface area contributed by atoms with Gasteiger partial charge < -0.3 is 30.7 Å². The van der Waals surface area contributed by atoms with Gasteiger partial charge in [-0.3, -0.25) is 19.2 Å². The molecule has 0 aliphatic carbocycles. The maximum Gasteiger partial charge on any atom is 0.408 e. The molecule has 0 fully saturated rings. The molecule has 0 bridgehead atoms. The van der Waals surface area contributed by atoms with E-state index < -0.39 is 47.5 Å².